The van der Waals surface area contributed by atoms with Crippen LogP contribution in [0.15, 0.2) is 35.7 Å². The summed E-state index contributed by atoms with van der Waals surface area (Å²) in [6, 6.07) is 10.2. The van der Waals surface area contributed by atoms with Crippen molar-refractivity contribution in [2.75, 3.05) is 26.7 Å². The largest absolute Gasteiger partial charge is 0.497 e. The zero-order valence-electron chi connectivity index (χ0n) is 15.1. The van der Waals surface area contributed by atoms with Gasteiger partial charge in [-0.15, -0.1) is 11.3 Å². The molecule has 2 aromatic rings. The molecule has 1 atom stereocenters. The van der Waals surface area contributed by atoms with E-state index in [2.05, 4.69) is 42.7 Å². The molecule has 1 aliphatic rings. The number of ether oxygens (including phenoxy) is 1. The molecule has 0 unspecified atom stereocenters. The van der Waals surface area contributed by atoms with Crippen molar-refractivity contribution in [3.8, 4) is 5.75 Å². The second kappa shape index (κ2) is 8.02. The third-order valence-corrected chi connectivity index (χ3v) is 5.54. The number of nitrogens with zero attached hydrogens (tertiary/aromatic N) is 1. The van der Waals surface area contributed by atoms with Crippen LogP contribution < -0.4 is 10.1 Å². The maximum atomic E-state index is 12.9. The molecule has 3 rings (SSSR count). The predicted octanol–water partition coefficient (Wildman–Crippen LogP) is 3.48. The van der Waals surface area contributed by atoms with E-state index < -0.39 is 0 Å². The third-order valence-electron chi connectivity index (χ3n) is 4.55. The molecule has 134 valence electrons. The molecule has 0 saturated heterocycles. The van der Waals surface area contributed by atoms with Crippen molar-refractivity contribution in [1.82, 2.24) is 10.2 Å². The molecule has 1 aromatic carbocycles. The van der Waals surface area contributed by atoms with Gasteiger partial charge in [-0.2, -0.15) is 0 Å². The molecule has 0 saturated carbocycles. The standard InChI is InChI=1S/C20H26N2O2S/c1-14(2)12-21-13-19(23)22-10-8-18-17(9-11-25-18)20(22)15-4-6-16(24-3)7-5-15/h4-7,9,11,14,20-21H,8,10,12-13H2,1-3H3/t20-/m1/s1. The highest BCUT2D eigenvalue weighted by atomic mass is 32.1. The van der Waals surface area contributed by atoms with Crippen LogP contribution in [0.5, 0.6) is 5.75 Å². The summed E-state index contributed by atoms with van der Waals surface area (Å²) in [5.41, 5.74) is 2.40. The Morgan fingerprint density at radius 2 is 2.08 bits per heavy atom. The van der Waals surface area contributed by atoms with Gasteiger partial charge >= 0.3 is 0 Å². The SMILES string of the molecule is COc1ccc([C@@H]2c3ccsc3CCN2C(=O)CNCC(C)C)cc1. The lowest BCUT2D eigenvalue weighted by molar-refractivity contribution is -0.132. The summed E-state index contributed by atoms with van der Waals surface area (Å²) >= 11 is 1.79. The summed E-state index contributed by atoms with van der Waals surface area (Å²) in [6.45, 7) is 6.32. The van der Waals surface area contributed by atoms with Crippen LogP contribution >= 0.6 is 11.3 Å². The van der Waals surface area contributed by atoms with Crippen molar-refractivity contribution in [1.29, 1.82) is 0 Å². The Bertz CT molecular complexity index is 709. The van der Waals surface area contributed by atoms with Gasteiger partial charge in [-0.25, -0.2) is 0 Å². The van der Waals surface area contributed by atoms with Gasteiger partial charge in [-0.1, -0.05) is 26.0 Å². The van der Waals surface area contributed by atoms with Crippen LogP contribution in [-0.2, 0) is 11.2 Å². The number of hydrogen-bond donors (Lipinski definition) is 1. The number of nitrogens with one attached hydrogen (secondary N) is 1. The first-order valence-corrected chi connectivity index (χ1v) is 9.68. The Hall–Kier alpha value is -1.85. The molecule has 4 nitrogen and oxygen atoms in total. The number of carbonyl (C=O) groups excluding carboxylic acids is 1. The Morgan fingerprint density at radius 3 is 2.76 bits per heavy atom. The van der Waals surface area contributed by atoms with E-state index in [4.69, 9.17) is 4.74 Å². The van der Waals surface area contributed by atoms with Gasteiger partial charge in [-0.3, -0.25) is 4.79 Å². The fourth-order valence-electron chi connectivity index (χ4n) is 3.30. The average Bonchev–Trinajstić information content (AvgIpc) is 3.09. The molecule has 0 fully saturated rings. The molecule has 1 aromatic heterocycles. The number of benzene rings is 1. The topological polar surface area (TPSA) is 41.6 Å². The lowest BCUT2D eigenvalue weighted by Gasteiger charge is -2.36. The average molecular weight is 359 g/mol. The molecule has 5 heteroatoms. The number of thiophene rings is 1. The van der Waals surface area contributed by atoms with Crippen molar-refractivity contribution in [3.05, 3.63) is 51.7 Å². The molecular formula is C20H26N2O2S. The van der Waals surface area contributed by atoms with Gasteiger partial charge in [0.2, 0.25) is 5.91 Å². The lowest BCUT2D eigenvalue weighted by atomic mass is 9.93. The summed E-state index contributed by atoms with van der Waals surface area (Å²) in [7, 11) is 1.67. The normalized spacial score (nSPS) is 16.8. The van der Waals surface area contributed by atoms with Crippen molar-refractivity contribution in [2.24, 2.45) is 5.92 Å². The second-order valence-corrected chi connectivity index (χ2v) is 7.84. The first-order valence-electron chi connectivity index (χ1n) is 8.80. The summed E-state index contributed by atoms with van der Waals surface area (Å²) in [4.78, 5) is 16.3. The van der Waals surface area contributed by atoms with E-state index in [1.165, 1.54) is 10.4 Å². The maximum Gasteiger partial charge on any atom is 0.237 e. The summed E-state index contributed by atoms with van der Waals surface area (Å²) in [5.74, 6) is 1.54. The van der Waals surface area contributed by atoms with Crippen LogP contribution in [0.4, 0.5) is 0 Å². The number of rotatable bonds is 6. The number of carbonyl (C=O) groups is 1. The minimum atomic E-state index is -0.00532. The van der Waals surface area contributed by atoms with Gasteiger partial charge in [0.1, 0.15) is 5.75 Å². The molecule has 1 N–H and O–H groups in total. The molecule has 0 bridgehead atoms. The zero-order chi connectivity index (χ0) is 17.8. The van der Waals surface area contributed by atoms with Gasteiger partial charge < -0.3 is 15.0 Å². The Balaban J connectivity index is 1.84. The fraction of sp³-hybridized carbons (Fsp3) is 0.450. The minimum Gasteiger partial charge on any atom is -0.497 e. The van der Waals surface area contributed by atoms with Gasteiger partial charge in [0.05, 0.1) is 19.7 Å². The number of methoxy groups -OCH3 is 1. The van der Waals surface area contributed by atoms with Gasteiger partial charge in [0.15, 0.2) is 0 Å². The molecule has 0 aliphatic carbocycles. The van der Waals surface area contributed by atoms with Crippen LogP contribution in [0.3, 0.4) is 0 Å². The highest BCUT2D eigenvalue weighted by Crippen LogP contribution is 2.38. The Kier molecular flexibility index (Phi) is 5.76. The molecule has 1 aliphatic heterocycles. The van der Waals surface area contributed by atoms with Crippen LogP contribution in [0.1, 0.15) is 35.9 Å². The van der Waals surface area contributed by atoms with Crippen molar-refractivity contribution < 1.29 is 9.53 Å². The van der Waals surface area contributed by atoms with Crippen molar-refractivity contribution >= 4 is 17.2 Å². The molecule has 1 amide bonds. The summed E-state index contributed by atoms with van der Waals surface area (Å²) in [5, 5.41) is 5.41. The number of hydrogen-bond acceptors (Lipinski definition) is 4. The summed E-state index contributed by atoms with van der Waals surface area (Å²) in [6.07, 6.45) is 0.940. The van der Waals surface area contributed by atoms with E-state index >= 15 is 0 Å². The van der Waals surface area contributed by atoms with E-state index in [9.17, 15) is 4.79 Å². The van der Waals surface area contributed by atoms with Crippen LogP contribution in [-0.4, -0.2) is 37.6 Å². The minimum absolute atomic E-state index is 0.00532. The number of fused-ring (bicyclic) bond motifs is 1. The molecular weight excluding hydrogens is 332 g/mol. The monoisotopic (exact) mass is 358 g/mol. The summed E-state index contributed by atoms with van der Waals surface area (Å²) < 4.78 is 5.27. The second-order valence-electron chi connectivity index (χ2n) is 6.84. The smallest absolute Gasteiger partial charge is 0.237 e. The third kappa shape index (κ3) is 4.05. The Labute approximate surface area is 153 Å². The van der Waals surface area contributed by atoms with Gasteiger partial charge in [0, 0.05) is 11.4 Å². The maximum absolute atomic E-state index is 12.9. The Morgan fingerprint density at radius 1 is 1.32 bits per heavy atom. The van der Waals surface area contributed by atoms with Crippen LogP contribution in [0.2, 0.25) is 0 Å². The van der Waals surface area contributed by atoms with Crippen LogP contribution in [0.25, 0.3) is 0 Å². The van der Waals surface area contributed by atoms with Gasteiger partial charge in [-0.05, 0) is 53.6 Å². The number of amides is 1. The molecule has 2 heterocycles. The van der Waals surface area contributed by atoms with E-state index in [0.29, 0.717) is 12.5 Å². The van der Waals surface area contributed by atoms with Gasteiger partial charge in [0.25, 0.3) is 0 Å². The van der Waals surface area contributed by atoms with Crippen molar-refractivity contribution in [3.63, 3.8) is 0 Å². The van der Waals surface area contributed by atoms with E-state index in [-0.39, 0.29) is 11.9 Å². The predicted molar refractivity (Wildman–Crippen MR) is 102 cm³/mol. The fourth-order valence-corrected chi connectivity index (χ4v) is 4.20. The van der Waals surface area contributed by atoms with E-state index in [1.807, 2.05) is 17.0 Å². The molecule has 0 radical (unpaired) electrons. The zero-order valence-corrected chi connectivity index (χ0v) is 15.9. The quantitative estimate of drug-likeness (QED) is 0.860. The van der Waals surface area contributed by atoms with Crippen molar-refractivity contribution in [2.45, 2.75) is 26.3 Å². The lowest BCUT2D eigenvalue weighted by Crippen LogP contribution is -2.44. The van der Waals surface area contributed by atoms with Crippen LogP contribution in [0, 0.1) is 5.92 Å². The molecule has 0 spiro atoms. The van der Waals surface area contributed by atoms with E-state index in [0.717, 1.165) is 30.8 Å². The first kappa shape index (κ1) is 18.0. The first-order chi connectivity index (χ1) is 12.1. The highest BCUT2D eigenvalue weighted by molar-refractivity contribution is 7.10. The van der Waals surface area contributed by atoms with E-state index in [1.54, 1.807) is 18.4 Å². The highest BCUT2D eigenvalue weighted by Gasteiger charge is 2.32. The molecule has 25 heavy (non-hydrogen) atoms.